The van der Waals surface area contributed by atoms with Crippen LogP contribution >= 0.6 is 0 Å². The molecule has 0 saturated carbocycles. The first-order chi connectivity index (χ1) is 10.7. The first kappa shape index (κ1) is 15.8. The Morgan fingerprint density at radius 2 is 2.05 bits per heavy atom. The molecule has 22 heavy (non-hydrogen) atoms. The first-order valence-electron chi connectivity index (χ1n) is 7.15. The largest absolute Gasteiger partial charge is 0.501 e. The van der Waals surface area contributed by atoms with Crippen LogP contribution in [0.25, 0.3) is 6.08 Å². The summed E-state index contributed by atoms with van der Waals surface area (Å²) in [7, 11) is 1.35. The SMILES string of the molecule is CCO/C=C/c1c(C(=O)OC)nn(Cc2ccccc2)c1C. The van der Waals surface area contributed by atoms with Gasteiger partial charge in [0.15, 0.2) is 5.69 Å². The number of benzene rings is 1. The van der Waals surface area contributed by atoms with E-state index in [1.807, 2.05) is 44.2 Å². The molecule has 0 fully saturated rings. The van der Waals surface area contributed by atoms with Crippen LogP contribution in [0.2, 0.25) is 0 Å². The lowest BCUT2D eigenvalue weighted by Gasteiger charge is -2.04. The second-order valence-corrected chi connectivity index (χ2v) is 4.74. The number of carbonyl (C=O) groups is 1. The summed E-state index contributed by atoms with van der Waals surface area (Å²) in [6.45, 7) is 4.99. The van der Waals surface area contributed by atoms with Gasteiger partial charge in [0.25, 0.3) is 0 Å². The van der Waals surface area contributed by atoms with Crippen molar-refractivity contribution in [3.8, 4) is 0 Å². The monoisotopic (exact) mass is 300 g/mol. The fourth-order valence-electron chi connectivity index (χ4n) is 2.13. The van der Waals surface area contributed by atoms with Gasteiger partial charge in [0, 0.05) is 11.3 Å². The van der Waals surface area contributed by atoms with Gasteiger partial charge in [-0.05, 0) is 25.5 Å². The van der Waals surface area contributed by atoms with Gasteiger partial charge >= 0.3 is 5.97 Å². The molecule has 0 aliphatic rings. The lowest BCUT2D eigenvalue weighted by molar-refractivity contribution is 0.0593. The van der Waals surface area contributed by atoms with Crippen molar-refractivity contribution >= 4 is 12.0 Å². The van der Waals surface area contributed by atoms with E-state index in [9.17, 15) is 4.79 Å². The van der Waals surface area contributed by atoms with E-state index in [0.717, 1.165) is 16.8 Å². The van der Waals surface area contributed by atoms with Gasteiger partial charge in [-0.25, -0.2) is 4.79 Å². The zero-order chi connectivity index (χ0) is 15.9. The summed E-state index contributed by atoms with van der Waals surface area (Å²) in [4.78, 5) is 11.9. The summed E-state index contributed by atoms with van der Waals surface area (Å²) >= 11 is 0. The molecule has 1 aromatic heterocycles. The lowest BCUT2D eigenvalue weighted by atomic mass is 10.2. The number of nitrogens with zero attached hydrogens (tertiary/aromatic N) is 2. The van der Waals surface area contributed by atoms with Crippen molar-refractivity contribution in [3.05, 3.63) is 59.1 Å². The standard InChI is InChI=1S/C17H20N2O3/c1-4-22-11-10-15-13(2)19(18-16(15)17(20)21-3)12-14-8-6-5-7-9-14/h5-11H,4,12H2,1-3H3/b11-10+. The molecule has 0 aliphatic carbocycles. The maximum Gasteiger partial charge on any atom is 0.359 e. The summed E-state index contributed by atoms with van der Waals surface area (Å²) in [6, 6.07) is 9.97. The molecule has 1 heterocycles. The molecular formula is C17H20N2O3. The molecule has 0 bridgehead atoms. The molecule has 5 nitrogen and oxygen atoms in total. The minimum absolute atomic E-state index is 0.298. The zero-order valence-electron chi connectivity index (χ0n) is 13.1. The normalized spacial score (nSPS) is 10.9. The molecule has 0 radical (unpaired) electrons. The summed E-state index contributed by atoms with van der Waals surface area (Å²) in [5, 5.41) is 4.39. The van der Waals surface area contributed by atoms with Crippen molar-refractivity contribution in [1.82, 2.24) is 9.78 Å². The fourth-order valence-corrected chi connectivity index (χ4v) is 2.13. The van der Waals surface area contributed by atoms with E-state index in [-0.39, 0.29) is 0 Å². The maximum absolute atomic E-state index is 11.9. The predicted octanol–water partition coefficient (Wildman–Crippen LogP) is 3.03. The Bertz CT molecular complexity index is 660. The molecule has 0 atom stereocenters. The molecule has 116 valence electrons. The number of esters is 1. The van der Waals surface area contributed by atoms with Crippen molar-refractivity contribution in [2.24, 2.45) is 0 Å². The number of aromatic nitrogens is 2. The van der Waals surface area contributed by atoms with E-state index in [4.69, 9.17) is 9.47 Å². The van der Waals surface area contributed by atoms with E-state index < -0.39 is 5.97 Å². The third kappa shape index (κ3) is 3.55. The number of rotatable bonds is 6. The van der Waals surface area contributed by atoms with Gasteiger partial charge in [0.2, 0.25) is 0 Å². The molecule has 0 amide bonds. The van der Waals surface area contributed by atoms with Crippen molar-refractivity contribution in [2.75, 3.05) is 13.7 Å². The Balaban J connectivity index is 2.37. The number of methoxy groups -OCH3 is 1. The molecule has 5 heteroatoms. The van der Waals surface area contributed by atoms with Crippen LogP contribution in [0.3, 0.4) is 0 Å². The number of hydrogen-bond donors (Lipinski definition) is 0. The fraction of sp³-hybridized carbons (Fsp3) is 0.294. The highest BCUT2D eigenvalue weighted by Gasteiger charge is 2.19. The second kappa shape index (κ2) is 7.45. The van der Waals surface area contributed by atoms with Crippen LogP contribution in [0.5, 0.6) is 0 Å². The van der Waals surface area contributed by atoms with Gasteiger partial charge in [-0.15, -0.1) is 0 Å². The van der Waals surface area contributed by atoms with Crippen LogP contribution in [0, 0.1) is 6.92 Å². The van der Waals surface area contributed by atoms with Crippen LogP contribution in [0.15, 0.2) is 36.6 Å². The minimum atomic E-state index is -0.453. The second-order valence-electron chi connectivity index (χ2n) is 4.74. The zero-order valence-corrected chi connectivity index (χ0v) is 13.1. The van der Waals surface area contributed by atoms with Crippen LogP contribution in [0.4, 0.5) is 0 Å². The topological polar surface area (TPSA) is 53.4 Å². The van der Waals surface area contributed by atoms with Crippen LogP contribution in [-0.4, -0.2) is 29.5 Å². The number of hydrogen-bond acceptors (Lipinski definition) is 4. The third-order valence-electron chi connectivity index (χ3n) is 3.30. The van der Waals surface area contributed by atoms with Gasteiger partial charge in [-0.2, -0.15) is 5.10 Å². The highest BCUT2D eigenvalue weighted by Crippen LogP contribution is 2.18. The van der Waals surface area contributed by atoms with Gasteiger partial charge < -0.3 is 9.47 Å². The van der Waals surface area contributed by atoms with Crippen molar-refractivity contribution in [2.45, 2.75) is 20.4 Å². The van der Waals surface area contributed by atoms with Crippen molar-refractivity contribution in [3.63, 3.8) is 0 Å². The van der Waals surface area contributed by atoms with Crippen LogP contribution < -0.4 is 0 Å². The Morgan fingerprint density at radius 1 is 1.32 bits per heavy atom. The Kier molecular flexibility index (Phi) is 5.36. The molecule has 2 aromatic rings. The van der Waals surface area contributed by atoms with Crippen molar-refractivity contribution < 1.29 is 14.3 Å². The molecule has 2 rings (SSSR count). The van der Waals surface area contributed by atoms with Gasteiger partial charge in [0.1, 0.15) is 0 Å². The van der Waals surface area contributed by atoms with E-state index in [0.29, 0.717) is 18.8 Å². The molecule has 0 aliphatic heterocycles. The average Bonchev–Trinajstić information content (AvgIpc) is 2.85. The molecule has 0 spiro atoms. The summed E-state index contributed by atoms with van der Waals surface area (Å²) in [6.07, 6.45) is 3.32. The third-order valence-corrected chi connectivity index (χ3v) is 3.30. The van der Waals surface area contributed by atoms with Crippen molar-refractivity contribution in [1.29, 1.82) is 0 Å². The Hall–Kier alpha value is -2.56. The summed E-state index contributed by atoms with van der Waals surface area (Å²) in [5.74, 6) is -0.453. The Morgan fingerprint density at radius 3 is 2.68 bits per heavy atom. The predicted molar refractivity (Wildman–Crippen MR) is 84.5 cm³/mol. The highest BCUT2D eigenvalue weighted by atomic mass is 16.5. The molecule has 0 unspecified atom stereocenters. The molecule has 0 saturated heterocycles. The van der Waals surface area contributed by atoms with E-state index >= 15 is 0 Å². The first-order valence-corrected chi connectivity index (χ1v) is 7.15. The van der Waals surface area contributed by atoms with E-state index in [1.165, 1.54) is 7.11 Å². The highest BCUT2D eigenvalue weighted by molar-refractivity contribution is 5.91. The van der Waals surface area contributed by atoms with E-state index in [1.54, 1.807) is 17.0 Å². The van der Waals surface area contributed by atoms with Crippen LogP contribution in [0.1, 0.15) is 34.2 Å². The smallest absolute Gasteiger partial charge is 0.359 e. The quantitative estimate of drug-likeness (QED) is 0.608. The number of ether oxygens (including phenoxy) is 2. The molecule has 0 N–H and O–H groups in total. The number of carbonyl (C=O) groups excluding carboxylic acids is 1. The average molecular weight is 300 g/mol. The van der Waals surface area contributed by atoms with Gasteiger partial charge in [-0.1, -0.05) is 30.3 Å². The summed E-state index contributed by atoms with van der Waals surface area (Å²) in [5.41, 5.74) is 3.02. The van der Waals surface area contributed by atoms with Gasteiger partial charge in [0.05, 0.1) is 26.5 Å². The Labute approximate surface area is 130 Å². The van der Waals surface area contributed by atoms with Gasteiger partial charge in [-0.3, -0.25) is 4.68 Å². The minimum Gasteiger partial charge on any atom is -0.501 e. The lowest BCUT2D eigenvalue weighted by Crippen LogP contribution is -2.07. The molecule has 1 aromatic carbocycles. The maximum atomic E-state index is 11.9. The van der Waals surface area contributed by atoms with Crippen LogP contribution in [-0.2, 0) is 16.0 Å². The summed E-state index contributed by atoms with van der Waals surface area (Å²) < 4.78 is 11.8. The van der Waals surface area contributed by atoms with E-state index in [2.05, 4.69) is 5.10 Å². The molecular weight excluding hydrogens is 280 g/mol.